The highest BCUT2D eigenvalue weighted by atomic mass is 16.2. The predicted molar refractivity (Wildman–Crippen MR) is 52.8 cm³/mol. The molecule has 1 aromatic carbocycles. The third-order valence-electron chi connectivity index (χ3n) is 2.20. The smallest absolute Gasteiger partial charge is 0.256 e. The molecule has 0 aromatic heterocycles. The fraction of sp³-hybridized carbons (Fsp3) is 0. The second kappa shape index (κ2) is 2.45. The summed E-state index contributed by atoms with van der Waals surface area (Å²) in [5.41, 5.74) is 1.72. The molecule has 0 aliphatic carbocycles. The van der Waals surface area contributed by atoms with Gasteiger partial charge in [0.1, 0.15) is 0 Å². The van der Waals surface area contributed by atoms with Gasteiger partial charge in [-0.15, -0.1) is 0 Å². The number of fused-ring (bicyclic) bond motifs is 3. The molecule has 0 radical (unpaired) electrons. The van der Waals surface area contributed by atoms with Gasteiger partial charge in [-0.2, -0.15) is 9.98 Å². The highest BCUT2D eigenvalue weighted by Crippen LogP contribution is 2.06. The predicted octanol–water partition coefficient (Wildman–Crippen LogP) is 0.355. The van der Waals surface area contributed by atoms with E-state index in [0.717, 1.165) is 16.5 Å². The zero-order chi connectivity index (χ0) is 9.54. The van der Waals surface area contributed by atoms with Crippen molar-refractivity contribution in [3.05, 3.63) is 28.3 Å². The lowest BCUT2D eigenvalue weighted by molar-refractivity contribution is 0.256. The van der Waals surface area contributed by atoms with Gasteiger partial charge in [0.05, 0.1) is 11.0 Å². The van der Waals surface area contributed by atoms with Gasteiger partial charge in [-0.1, -0.05) is 0 Å². The first-order chi connectivity index (χ1) is 6.84. The summed E-state index contributed by atoms with van der Waals surface area (Å²) in [6.07, 6.45) is 5.10. The van der Waals surface area contributed by atoms with Gasteiger partial charge in [0.25, 0.3) is 0 Å². The minimum absolute atomic E-state index is 0.453. The normalized spacial score (nSPS) is 15.9. The lowest BCUT2D eigenvalue weighted by atomic mass is 10.1. The van der Waals surface area contributed by atoms with Crippen LogP contribution in [-0.4, -0.2) is 18.5 Å². The SMILES string of the molecule is O=C1N=Cc2ccc3c(c2=N1)=CC=N3. The zero-order valence-electron chi connectivity index (χ0n) is 7.14. The van der Waals surface area contributed by atoms with E-state index in [4.69, 9.17) is 0 Å². The van der Waals surface area contributed by atoms with E-state index < -0.39 is 6.03 Å². The molecule has 1 aromatic rings. The summed E-state index contributed by atoms with van der Waals surface area (Å²) in [6.45, 7) is 0. The molecular formula is C10H5N3O. The van der Waals surface area contributed by atoms with Gasteiger partial charge in [0.2, 0.25) is 0 Å². The summed E-state index contributed by atoms with van der Waals surface area (Å²) in [7, 11) is 0. The van der Waals surface area contributed by atoms with Gasteiger partial charge < -0.3 is 0 Å². The monoisotopic (exact) mass is 183 g/mol. The first-order valence-electron chi connectivity index (χ1n) is 4.19. The number of carbonyl (C=O) groups is 1. The maximum atomic E-state index is 11.0. The first-order valence-corrected chi connectivity index (χ1v) is 4.19. The molecule has 0 saturated heterocycles. The third-order valence-corrected chi connectivity index (χ3v) is 2.20. The molecule has 2 aliphatic heterocycles. The van der Waals surface area contributed by atoms with E-state index in [0.29, 0.717) is 5.36 Å². The second-order valence-electron chi connectivity index (χ2n) is 3.03. The number of benzene rings is 1. The molecule has 2 aliphatic rings. The van der Waals surface area contributed by atoms with E-state index >= 15 is 0 Å². The molecule has 4 heteroatoms. The molecule has 0 N–H and O–H groups in total. The molecule has 2 amide bonds. The molecule has 3 rings (SSSR count). The van der Waals surface area contributed by atoms with E-state index in [2.05, 4.69) is 15.0 Å². The van der Waals surface area contributed by atoms with Crippen LogP contribution in [0.25, 0.3) is 6.08 Å². The summed E-state index contributed by atoms with van der Waals surface area (Å²) in [4.78, 5) is 22.6. The lowest BCUT2D eigenvalue weighted by Gasteiger charge is -2.00. The number of urea groups is 1. The third kappa shape index (κ3) is 0.877. The van der Waals surface area contributed by atoms with Crippen LogP contribution in [0.15, 0.2) is 27.1 Å². The van der Waals surface area contributed by atoms with E-state index in [1.165, 1.54) is 6.21 Å². The molecule has 0 bridgehead atoms. The Kier molecular flexibility index (Phi) is 1.28. The Labute approximate surface area is 79.0 Å². The van der Waals surface area contributed by atoms with Crippen molar-refractivity contribution in [3.8, 4) is 0 Å². The second-order valence-corrected chi connectivity index (χ2v) is 3.03. The quantitative estimate of drug-likeness (QED) is 0.572. The van der Waals surface area contributed by atoms with Crippen molar-refractivity contribution in [2.45, 2.75) is 0 Å². The minimum Gasteiger partial charge on any atom is -0.256 e. The molecule has 2 heterocycles. The van der Waals surface area contributed by atoms with Crippen molar-refractivity contribution in [2.75, 3.05) is 0 Å². The molecular weight excluding hydrogens is 178 g/mol. The molecule has 0 unspecified atom stereocenters. The maximum absolute atomic E-state index is 11.0. The number of hydrogen-bond donors (Lipinski definition) is 0. The molecule has 14 heavy (non-hydrogen) atoms. The van der Waals surface area contributed by atoms with Crippen molar-refractivity contribution in [1.82, 2.24) is 0 Å². The average molecular weight is 183 g/mol. The highest BCUT2D eigenvalue weighted by Gasteiger charge is 2.09. The molecule has 0 saturated carbocycles. The maximum Gasteiger partial charge on any atom is 0.367 e. The Morgan fingerprint density at radius 1 is 1.14 bits per heavy atom. The topological polar surface area (TPSA) is 54.1 Å². The van der Waals surface area contributed by atoms with Crippen molar-refractivity contribution in [3.63, 3.8) is 0 Å². The Morgan fingerprint density at radius 2 is 2.07 bits per heavy atom. The van der Waals surface area contributed by atoms with Gasteiger partial charge >= 0.3 is 6.03 Å². The van der Waals surface area contributed by atoms with E-state index in [1.54, 1.807) is 6.21 Å². The number of nitrogens with zero attached hydrogens (tertiary/aromatic N) is 3. The molecule has 4 nitrogen and oxygen atoms in total. The van der Waals surface area contributed by atoms with Gasteiger partial charge in [0, 0.05) is 23.2 Å². The summed E-state index contributed by atoms with van der Waals surface area (Å²) in [5, 5.41) is 1.59. The number of amides is 2. The summed E-state index contributed by atoms with van der Waals surface area (Å²) >= 11 is 0. The summed E-state index contributed by atoms with van der Waals surface area (Å²) < 4.78 is 0. The molecule has 0 spiro atoms. The largest absolute Gasteiger partial charge is 0.367 e. The van der Waals surface area contributed by atoms with Gasteiger partial charge in [-0.3, -0.25) is 4.99 Å². The van der Waals surface area contributed by atoms with Gasteiger partial charge in [-0.25, -0.2) is 4.79 Å². The van der Waals surface area contributed by atoms with Crippen LogP contribution in [0.3, 0.4) is 0 Å². The summed E-state index contributed by atoms with van der Waals surface area (Å²) in [5.74, 6) is 0. The van der Waals surface area contributed by atoms with Crippen LogP contribution < -0.4 is 10.6 Å². The van der Waals surface area contributed by atoms with Crippen molar-refractivity contribution < 1.29 is 4.79 Å². The van der Waals surface area contributed by atoms with Crippen LogP contribution in [0.4, 0.5) is 10.5 Å². The van der Waals surface area contributed by atoms with E-state index in [9.17, 15) is 4.79 Å². The zero-order valence-corrected chi connectivity index (χ0v) is 7.14. The van der Waals surface area contributed by atoms with Crippen LogP contribution >= 0.6 is 0 Å². The van der Waals surface area contributed by atoms with Crippen molar-refractivity contribution in [1.29, 1.82) is 0 Å². The fourth-order valence-electron chi connectivity index (χ4n) is 1.56. The number of hydrogen-bond acceptors (Lipinski definition) is 2. The number of rotatable bonds is 0. The van der Waals surface area contributed by atoms with Crippen LogP contribution in [0, 0.1) is 0 Å². The Balaban J connectivity index is 2.51. The van der Waals surface area contributed by atoms with Crippen LogP contribution in [0.2, 0.25) is 0 Å². The molecule has 0 fully saturated rings. The highest BCUT2D eigenvalue weighted by molar-refractivity contribution is 5.99. The average Bonchev–Trinajstić information content (AvgIpc) is 2.65. The molecule has 0 atom stereocenters. The summed E-state index contributed by atoms with van der Waals surface area (Å²) in [6, 6.07) is 3.31. The number of carbonyl (C=O) groups excluding carboxylic acids is 1. The van der Waals surface area contributed by atoms with Crippen molar-refractivity contribution in [2.24, 2.45) is 15.0 Å². The number of aliphatic imine (C=N–C) groups is 2. The van der Waals surface area contributed by atoms with E-state index in [-0.39, 0.29) is 0 Å². The van der Waals surface area contributed by atoms with Crippen LogP contribution in [-0.2, 0) is 0 Å². The fourth-order valence-corrected chi connectivity index (χ4v) is 1.56. The van der Waals surface area contributed by atoms with Crippen LogP contribution in [0.5, 0.6) is 0 Å². The first kappa shape index (κ1) is 7.32. The minimum atomic E-state index is -0.453. The Bertz CT molecular complexity index is 611. The van der Waals surface area contributed by atoms with Crippen LogP contribution in [0.1, 0.15) is 5.56 Å². The molecule has 66 valence electrons. The van der Waals surface area contributed by atoms with E-state index in [1.807, 2.05) is 18.2 Å². The van der Waals surface area contributed by atoms with Crippen molar-refractivity contribution >= 4 is 30.2 Å². The Hall–Kier alpha value is -2.10. The van der Waals surface area contributed by atoms with Gasteiger partial charge in [0.15, 0.2) is 0 Å². The van der Waals surface area contributed by atoms with Gasteiger partial charge in [-0.05, 0) is 18.2 Å². The lowest BCUT2D eigenvalue weighted by Crippen LogP contribution is -2.31. The Morgan fingerprint density at radius 3 is 3.00 bits per heavy atom. The standard InChI is InChI=1S/C10H5N3O/c14-10-12-5-6-1-2-8-7(3-4-11-8)9(6)13-10/h1-5H.